The Morgan fingerprint density at radius 1 is 1.19 bits per heavy atom. The van der Waals surface area contributed by atoms with Crippen LogP contribution >= 0.6 is 15.9 Å². The van der Waals surface area contributed by atoms with E-state index in [2.05, 4.69) is 49.8 Å². The summed E-state index contributed by atoms with van der Waals surface area (Å²) >= 11 is 3.49. The molecule has 0 spiro atoms. The van der Waals surface area contributed by atoms with Crippen LogP contribution in [0.25, 0.3) is 0 Å². The van der Waals surface area contributed by atoms with Gasteiger partial charge in [0.2, 0.25) is 8.32 Å². The van der Waals surface area contributed by atoms with Crippen LogP contribution in [-0.2, 0) is 16.7 Å². The topological polar surface area (TPSA) is 87.9 Å². The molecule has 0 unspecified atom stereocenters. The van der Waals surface area contributed by atoms with Crippen molar-refractivity contribution >= 4 is 35.9 Å². The highest BCUT2D eigenvalue weighted by Gasteiger charge is 2.40. The molecule has 7 nitrogen and oxygen atoms in total. The third kappa shape index (κ3) is 5.50. The van der Waals surface area contributed by atoms with Gasteiger partial charge in [-0.3, -0.25) is 10.1 Å². The molecule has 0 radical (unpaired) electrons. The first-order valence-electron chi connectivity index (χ1n) is 10.2. The molecule has 0 aliphatic heterocycles. The fourth-order valence-corrected chi connectivity index (χ4v) is 4.55. The molecule has 0 atom stereocenters. The SMILES string of the molecule is COc1cc(O[Si](C)(C)C(C)(C)C)c(CBr)c(C(=O)OCc2ccccc2[N+](=O)[O-])c1C. The van der Waals surface area contributed by atoms with Crippen LogP contribution in [0.3, 0.4) is 0 Å². The van der Waals surface area contributed by atoms with E-state index in [-0.39, 0.29) is 17.3 Å². The second kappa shape index (κ2) is 10.0. The first-order chi connectivity index (χ1) is 14.8. The first kappa shape index (κ1) is 25.9. The molecule has 0 fully saturated rings. The lowest BCUT2D eigenvalue weighted by Gasteiger charge is -2.37. The van der Waals surface area contributed by atoms with E-state index in [1.54, 1.807) is 25.1 Å². The predicted octanol–water partition coefficient (Wildman–Crippen LogP) is 6.55. The number of nitrogens with zero attached hydrogens (tertiary/aromatic N) is 1. The Morgan fingerprint density at radius 2 is 1.81 bits per heavy atom. The van der Waals surface area contributed by atoms with Gasteiger partial charge in [-0.1, -0.05) is 48.8 Å². The molecule has 2 aromatic rings. The van der Waals surface area contributed by atoms with Crippen molar-refractivity contribution in [2.24, 2.45) is 0 Å². The lowest BCUT2D eigenvalue weighted by atomic mass is 10.0. The van der Waals surface area contributed by atoms with Gasteiger partial charge in [-0.15, -0.1) is 0 Å². The number of hydrogen-bond donors (Lipinski definition) is 0. The minimum atomic E-state index is -2.20. The summed E-state index contributed by atoms with van der Waals surface area (Å²) in [6, 6.07) is 8.01. The number of nitro groups is 1. The third-order valence-corrected chi connectivity index (χ3v) is 10.8. The number of methoxy groups -OCH3 is 1. The largest absolute Gasteiger partial charge is 0.543 e. The molecular weight excluding hydrogens is 494 g/mol. The van der Waals surface area contributed by atoms with Crippen LogP contribution in [0, 0.1) is 17.0 Å². The Labute approximate surface area is 198 Å². The summed E-state index contributed by atoms with van der Waals surface area (Å²) in [4.78, 5) is 23.9. The Kier molecular flexibility index (Phi) is 8.11. The summed E-state index contributed by atoms with van der Waals surface area (Å²) < 4.78 is 17.6. The van der Waals surface area contributed by atoms with Gasteiger partial charge in [0.15, 0.2) is 0 Å². The van der Waals surface area contributed by atoms with Gasteiger partial charge in [0, 0.05) is 28.6 Å². The lowest BCUT2D eigenvalue weighted by Crippen LogP contribution is -2.44. The van der Waals surface area contributed by atoms with E-state index in [4.69, 9.17) is 13.9 Å². The molecule has 0 aliphatic rings. The molecule has 174 valence electrons. The zero-order chi connectivity index (χ0) is 24.3. The summed E-state index contributed by atoms with van der Waals surface area (Å²) in [7, 11) is -0.662. The van der Waals surface area contributed by atoms with Gasteiger partial charge in [0.1, 0.15) is 18.1 Å². The van der Waals surface area contributed by atoms with Crippen molar-refractivity contribution in [3.63, 3.8) is 0 Å². The van der Waals surface area contributed by atoms with Crippen LogP contribution in [0.1, 0.15) is 47.8 Å². The van der Waals surface area contributed by atoms with Gasteiger partial charge in [0.25, 0.3) is 5.69 Å². The fraction of sp³-hybridized carbons (Fsp3) is 0.435. The highest BCUT2D eigenvalue weighted by atomic mass is 79.9. The highest BCUT2D eigenvalue weighted by molar-refractivity contribution is 9.08. The third-order valence-electron chi connectivity index (χ3n) is 5.88. The molecule has 0 aliphatic carbocycles. The van der Waals surface area contributed by atoms with Crippen LogP contribution in [0.4, 0.5) is 5.69 Å². The molecule has 0 heterocycles. The van der Waals surface area contributed by atoms with Gasteiger partial charge in [-0.25, -0.2) is 4.79 Å². The normalized spacial score (nSPS) is 11.8. The summed E-state index contributed by atoms with van der Waals surface area (Å²) in [5.41, 5.74) is 1.86. The molecule has 32 heavy (non-hydrogen) atoms. The molecule has 2 rings (SSSR count). The van der Waals surface area contributed by atoms with Crippen LogP contribution in [0.15, 0.2) is 30.3 Å². The molecule has 0 saturated carbocycles. The molecule has 0 saturated heterocycles. The number of alkyl halides is 1. The number of hydrogen-bond acceptors (Lipinski definition) is 6. The van der Waals surface area contributed by atoms with Crippen molar-refractivity contribution in [3.05, 3.63) is 62.7 Å². The van der Waals surface area contributed by atoms with Crippen molar-refractivity contribution < 1.29 is 23.6 Å². The van der Waals surface area contributed by atoms with E-state index < -0.39 is 19.2 Å². The number of ether oxygens (including phenoxy) is 2. The van der Waals surface area contributed by atoms with Gasteiger partial charge >= 0.3 is 5.97 Å². The second-order valence-electron chi connectivity index (χ2n) is 9.01. The molecule has 0 bridgehead atoms. The van der Waals surface area contributed by atoms with Crippen molar-refractivity contribution in [1.29, 1.82) is 0 Å². The number of halogens is 1. The van der Waals surface area contributed by atoms with Crippen molar-refractivity contribution in [1.82, 2.24) is 0 Å². The Bertz CT molecular complexity index is 1020. The van der Waals surface area contributed by atoms with E-state index >= 15 is 0 Å². The van der Waals surface area contributed by atoms with E-state index in [0.717, 1.165) is 0 Å². The van der Waals surface area contributed by atoms with E-state index in [0.29, 0.717) is 39.1 Å². The van der Waals surface area contributed by atoms with Crippen molar-refractivity contribution in [3.8, 4) is 11.5 Å². The highest BCUT2D eigenvalue weighted by Crippen LogP contribution is 2.42. The monoisotopic (exact) mass is 523 g/mol. The first-order valence-corrected chi connectivity index (χ1v) is 14.2. The van der Waals surface area contributed by atoms with E-state index in [1.807, 2.05) is 6.07 Å². The zero-order valence-electron chi connectivity index (χ0n) is 19.6. The molecule has 9 heteroatoms. The standard InChI is InChI=1S/C23H30BrNO6Si/c1-15-19(29-5)12-20(31-32(6,7)23(2,3)4)17(13-24)21(15)22(26)30-14-16-10-8-9-11-18(16)25(27)28/h8-12H,13-14H2,1-7H3. The van der Waals surface area contributed by atoms with Crippen LogP contribution in [0.5, 0.6) is 11.5 Å². The summed E-state index contributed by atoms with van der Waals surface area (Å²) in [6.45, 7) is 12.2. The zero-order valence-corrected chi connectivity index (χ0v) is 22.2. The molecule has 2 aromatic carbocycles. The van der Waals surface area contributed by atoms with Crippen LogP contribution < -0.4 is 9.16 Å². The van der Waals surface area contributed by atoms with Gasteiger partial charge in [0.05, 0.1) is 23.2 Å². The molecule has 0 N–H and O–H groups in total. The van der Waals surface area contributed by atoms with Crippen molar-refractivity contribution in [2.45, 2.75) is 57.8 Å². The van der Waals surface area contributed by atoms with Crippen molar-refractivity contribution in [2.75, 3.05) is 7.11 Å². The maximum Gasteiger partial charge on any atom is 0.339 e. The second-order valence-corrected chi connectivity index (χ2v) is 14.3. The van der Waals surface area contributed by atoms with E-state index in [9.17, 15) is 14.9 Å². The Hall–Kier alpha value is -2.39. The Morgan fingerprint density at radius 3 is 2.34 bits per heavy atom. The maximum atomic E-state index is 13.2. The quantitative estimate of drug-likeness (QED) is 0.128. The van der Waals surface area contributed by atoms with Crippen LogP contribution in [0.2, 0.25) is 18.1 Å². The minimum Gasteiger partial charge on any atom is -0.543 e. The average Bonchev–Trinajstić information content (AvgIpc) is 2.71. The van der Waals surface area contributed by atoms with E-state index in [1.165, 1.54) is 13.2 Å². The molecule has 0 aromatic heterocycles. The van der Waals surface area contributed by atoms with Gasteiger partial charge in [-0.2, -0.15) is 0 Å². The number of carbonyl (C=O) groups excluding carboxylic acids is 1. The van der Waals surface area contributed by atoms with Gasteiger partial charge in [-0.05, 0) is 31.1 Å². The minimum absolute atomic E-state index is 0.0401. The smallest absolute Gasteiger partial charge is 0.339 e. The predicted molar refractivity (Wildman–Crippen MR) is 130 cm³/mol. The lowest BCUT2D eigenvalue weighted by molar-refractivity contribution is -0.385. The van der Waals surface area contributed by atoms with Crippen LogP contribution in [-0.4, -0.2) is 26.3 Å². The number of benzene rings is 2. The molecule has 0 amide bonds. The summed E-state index contributed by atoms with van der Waals surface area (Å²) in [5, 5.41) is 11.6. The average molecular weight is 524 g/mol. The number of carbonyl (C=O) groups is 1. The molecular formula is C23H30BrNO6Si. The summed E-state index contributed by atoms with van der Waals surface area (Å²) in [6.07, 6.45) is 0. The fourth-order valence-electron chi connectivity index (χ4n) is 2.95. The van der Waals surface area contributed by atoms with Gasteiger partial charge < -0.3 is 13.9 Å². The number of rotatable bonds is 8. The number of para-hydroxylation sites is 1. The maximum absolute atomic E-state index is 13.2. The number of esters is 1. The number of nitro benzene ring substituents is 1. The summed E-state index contributed by atoms with van der Waals surface area (Å²) in [5.74, 6) is 0.503. The Balaban J connectivity index is 2.48.